The van der Waals surface area contributed by atoms with Crippen molar-refractivity contribution < 1.29 is 22.7 Å². The maximum Gasteiger partial charge on any atom is 0.573 e. The summed E-state index contributed by atoms with van der Waals surface area (Å²) in [7, 11) is 0. The molecule has 0 fully saturated rings. The highest BCUT2D eigenvalue weighted by atomic mass is 19.4. The van der Waals surface area contributed by atoms with Crippen molar-refractivity contribution in [2.75, 3.05) is 5.32 Å². The fourth-order valence-electron chi connectivity index (χ4n) is 4.03. The van der Waals surface area contributed by atoms with Gasteiger partial charge in [-0.1, -0.05) is 55.4 Å². The number of hydrogen-bond acceptors (Lipinski definition) is 2. The smallest absolute Gasteiger partial charge is 0.406 e. The number of alkyl halides is 3. The molecule has 3 nitrogen and oxygen atoms in total. The molecule has 1 aromatic rings. The molecule has 1 aromatic carbocycles. The number of allylic oxidation sites excluding steroid dienone is 9. The molecular weight excluding hydrogens is 439 g/mol. The molecule has 0 aromatic heterocycles. The number of rotatable bonds is 7. The van der Waals surface area contributed by atoms with Crippen LogP contribution in [0.3, 0.4) is 0 Å². The van der Waals surface area contributed by atoms with E-state index in [9.17, 15) is 18.0 Å². The van der Waals surface area contributed by atoms with Crippen LogP contribution in [0.2, 0.25) is 0 Å². The number of benzene rings is 1. The second-order valence-corrected chi connectivity index (χ2v) is 9.44. The molecule has 0 saturated carbocycles. The highest BCUT2D eigenvalue weighted by molar-refractivity contribution is 6.00. The van der Waals surface area contributed by atoms with E-state index in [1.807, 2.05) is 25.2 Å². The Balaban J connectivity index is 1.98. The molecule has 0 heterocycles. The molecule has 34 heavy (non-hydrogen) atoms. The molecule has 0 atom stereocenters. The van der Waals surface area contributed by atoms with Gasteiger partial charge in [-0.2, -0.15) is 0 Å². The van der Waals surface area contributed by atoms with Crippen molar-refractivity contribution >= 4 is 11.6 Å². The highest BCUT2D eigenvalue weighted by Gasteiger charge is 2.31. The number of hydrogen-bond donors (Lipinski definition) is 1. The second kappa shape index (κ2) is 11.4. The van der Waals surface area contributed by atoms with E-state index in [1.54, 1.807) is 13.8 Å². The van der Waals surface area contributed by atoms with E-state index in [0.29, 0.717) is 11.3 Å². The monoisotopic (exact) mass is 473 g/mol. The van der Waals surface area contributed by atoms with Crippen LogP contribution >= 0.6 is 0 Å². The van der Waals surface area contributed by atoms with Gasteiger partial charge in [-0.25, -0.2) is 0 Å². The van der Waals surface area contributed by atoms with Crippen molar-refractivity contribution in [3.63, 3.8) is 0 Å². The second-order valence-electron chi connectivity index (χ2n) is 9.44. The predicted octanol–water partition coefficient (Wildman–Crippen LogP) is 8.36. The lowest BCUT2D eigenvalue weighted by Crippen LogP contribution is -2.19. The Labute approximate surface area is 200 Å². The quantitative estimate of drug-likeness (QED) is 0.319. The first-order valence-electron chi connectivity index (χ1n) is 11.4. The summed E-state index contributed by atoms with van der Waals surface area (Å²) in [5.74, 6) is -0.690. The van der Waals surface area contributed by atoms with Gasteiger partial charge in [0.1, 0.15) is 5.75 Å². The normalized spacial score (nSPS) is 17.6. The Hall–Kier alpha value is -3.02. The molecule has 1 N–H and O–H groups in total. The van der Waals surface area contributed by atoms with E-state index in [0.717, 1.165) is 17.6 Å². The molecule has 1 amide bonds. The van der Waals surface area contributed by atoms with Crippen LogP contribution in [-0.2, 0) is 4.79 Å². The number of halogens is 3. The summed E-state index contributed by atoms with van der Waals surface area (Å²) < 4.78 is 40.9. The Bertz CT molecular complexity index is 1050. The van der Waals surface area contributed by atoms with Gasteiger partial charge in [0.05, 0.1) is 0 Å². The average Bonchev–Trinajstić information content (AvgIpc) is 2.68. The number of aryl methyl sites for hydroxylation is 1. The molecule has 1 aliphatic rings. The average molecular weight is 474 g/mol. The molecule has 0 spiro atoms. The zero-order valence-corrected chi connectivity index (χ0v) is 20.8. The van der Waals surface area contributed by atoms with Gasteiger partial charge in [0.25, 0.3) is 0 Å². The van der Waals surface area contributed by atoms with E-state index in [2.05, 4.69) is 43.0 Å². The fraction of sp³-hybridized carbons (Fsp3) is 0.393. The van der Waals surface area contributed by atoms with Crippen molar-refractivity contribution in [1.29, 1.82) is 0 Å². The molecule has 0 radical (unpaired) electrons. The van der Waals surface area contributed by atoms with Crippen LogP contribution in [0.15, 0.2) is 76.9 Å². The fourth-order valence-corrected chi connectivity index (χ4v) is 4.03. The number of amides is 1. The van der Waals surface area contributed by atoms with Gasteiger partial charge in [0.15, 0.2) is 0 Å². The van der Waals surface area contributed by atoms with Gasteiger partial charge in [-0.3, -0.25) is 4.79 Å². The molecule has 184 valence electrons. The maximum absolute atomic E-state index is 12.3. The molecule has 2 rings (SSSR count). The van der Waals surface area contributed by atoms with Crippen LogP contribution in [0.25, 0.3) is 0 Å². The number of nitrogens with one attached hydrogen (secondary N) is 1. The molecule has 0 unspecified atom stereocenters. The third-order valence-electron chi connectivity index (χ3n) is 5.82. The van der Waals surface area contributed by atoms with Gasteiger partial charge in [-0.05, 0) is 87.3 Å². The van der Waals surface area contributed by atoms with Crippen molar-refractivity contribution in [2.45, 2.75) is 67.2 Å². The van der Waals surface area contributed by atoms with Crippen LogP contribution in [-0.4, -0.2) is 12.3 Å². The number of carbonyl (C=O) groups excluding carboxylic acids is 1. The third-order valence-corrected chi connectivity index (χ3v) is 5.82. The summed E-state index contributed by atoms with van der Waals surface area (Å²) in [5.41, 5.74) is 5.80. The summed E-state index contributed by atoms with van der Waals surface area (Å²) in [6.07, 6.45) is 10.3. The number of ether oxygens (including phenoxy) is 1. The minimum absolute atomic E-state index is 0.200. The standard InChI is InChI=1S/C28H34F3NO2/c1-19(12-14-24-21(3)11-8-16-27(24,5)6)9-7-10-20(2)17-26(33)32-25-15-13-23(18-22(25)4)34-28(29,30)31/h7,9-10,12-15,17-18H,8,11,16H2,1-6H3,(H,32,33). The van der Waals surface area contributed by atoms with E-state index in [4.69, 9.17) is 0 Å². The predicted molar refractivity (Wildman–Crippen MR) is 133 cm³/mol. The van der Waals surface area contributed by atoms with Gasteiger partial charge in [-0.15, -0.1) is 13.2 Å². The van der Waals surface area contributed by atoms with Gasteiger partial charge >= 0.3 is 6.36 Å². The molecule has 0 aliphatic heterocycles. The van der Waals surface area contributed by atoms with Crippen molar-refractivity contribution in [1.82, 2.24) is 0 Å². The molecular formula is C28H34F3NO2. The van der Waals surface area contributed by atoms with Gasteiger partial charge < -0.3 is 10.1 Å². The van der Waals surface area contributed by atoms with Crippen molar-refractivity contribution in [3.8, 4) is 5.75 Å². The van der Waals surface area contributed by atoms with E-state index in [1.165, 1.54) is 48.3 Å². The highest BCUT2D eigenvalue weighted by Crippen LogP contribution is 2.40. The zero-order valence-electron chi connectivity index (χ0n) is 20.8. The topological polar surface area (TPSA) is 38.3 Å². The van der Waals surface area contributed by atoms with E-state index in [-0.39, 0.29) is 17.1 Å². The lowest BCUT2D eigenvalue weighted by Gasteiger charge is -2.32. The lowest BCUT2D eigenvalue weighted by molar-refractivity contribution is -0.274. The first kappa shape index (κ1) is 27.2. The summed E-state index contributed by atoms with van der Waals surface area (Å²) in [6.45, 7) is 12.2. The molecule has 0 bridgehead atoms. The maximum atomic E-state index is 12.3. The summed E-state index contributed by atoms with van der Waals surface area (Å²) in [6, 6.07) is 3.78. The minimum atomic E-state index is -4.76. The Morgan fingerprint density at radius 2 is 1.82 bits per heavy atom. The molecule has 0 saturated heterocycles. The first-order valence-corrected chi connectivity index (χ1v) is 11.4. The van der Waals surface area contributed by atoms with Crippen LogP contribution in [0, 0.1) is 12.3 Å². The van der Waals surface area contributed by atoms with Crippen LogP contribution < -0.4 is 10.1 Å². The largest absolute Gasteiger partial charge is 0.573 e. The Morgan fingerprint density at radius 3 is 2.44 bits per heavy atom. The van der Waals surface area contributed by atoms with Gasteiger partial charge in [0.2, 0.25) is 5.91 Å². The van der Waals surface area contributed by atoms with Crippen molar-refractivity contribution in [3.05, 3.63) is 82.5 Å². The van der Waals surface area contributed by atoms with E-state index < -0.39 is 6.36 Å². The molecule has 6 heteroatoms. The molecule has 1 aliphatic carbocycles. The third kappa shape index (κ3) is 8.73. The van der Waals surface area contributed by atoms with Crippen LogP contribution in [0.4, 0.5) is 18.9 Å². The van der Waals surface area contributed by atoms with Crippen LogP contribution in [0.5, 0.6) is 5.75 Å². The zero-order chi connectivity index (χ0) is 25.5. The summed E-state index contributed by atoms with van der Waals surface area (Å²) in [4.78, 5) is 12.3. The minimum Gasteiger partial charge on any atom is -0.406 e. The van der Waals surface area contributed by atoms with E-state index >= 15 is 0 Å². The summed E-state index contributed by atoms with van der Waals surface area (Å²) >= 11 is 0. The Kier molecular flexibility index (Phi) is 9.14. The first-order chi connectivity index (χ1) is 15.8. The van der Waals surface area contributed by atoms with Crippen LogP contribution in [0.1, 0.15) is 59.4 Å². The van der Waals surface area contributed by atoms with Crippen molar-refractivity contribution in [2.24, 2.45) is 5.41 Å². The Morgan fingerprint density at radius 1 is 1.12 bits per heavy atom. The lowest BCUT2D eigenvalue weighted by atomic mass is 9.72. The summed E-state index contributed by atoms with van der Waals surface area (Å²) in [5, 5.41) is 2.68. The number of anilines is 1. The van der Waals surface area contributed by atoms with Gasteiger partial charge in [0, 0.05) is 11.8 Å². The SMILES string of the molecule is CC(C=CC1=C(C)CCCC1(C)C)=CC=CC(C)=CC(=O)Nc1ccc(OC(F)(F)F)cc1C. The number of carbonyl (C=O) groups is 1.